The summed E-state index contributed by atoms with van der Waals surface area (Å²) in [5, 5.41) is 0. The summed E-state index contributed by atoms with van der Waals surface area (Å²) in [4.78, 5) is 21.3. The number of thioether (sulfide) groups is 1. The van der Waals surface area contributed by atoms with Crippen molar-refractivity contribution in [3.8, 4) is 5.75 Å². The van der Waals surface area contributed by atoms with Gasteiger partial charge in [0.25, 0.3) is 0 Å². The molecule has 1 aliphatic rings. The molecule has 1 aliphatic carbocycles. The number of imidazole rings is 1. The van der Waals surface area contributed by atoms with Crippen molar-refractivity contribution in [2.75, 3.05) is 0 Å². The molecule has 0 saturated heterocycles. The molecule has 4 aromatic rings. The quantitative estimate of drug-likeness (QED) is 0.304. The van der Waals surface area contributed by atoms with Crippen LogP contribution in [0.25, 0.3) is 0 Å². The van der Waals surface area contributed by atoms with Crippen LogP contribution in [-0.4, -0.2) is 15.8 Å². The maximum atomic E-state index is 13.4. The van der Waals surface area contributed by atoms with E-state index >= 15 is 0 Å². The molecule has 0 fully saturated rings. The molecule has 0 aliphatic heterocycles. The number of hydrogen-bond donors (Lipinski definition) is 1. The van der Waals surface area contributed by atoms with Gasteiger partial charge in [0.2, 0.25) is 0 Å². The Morgan fingerprint density at radius 2 is 1.85 bits per heavy atom. The van der Waals surface area contributed by atoms with Gasteiger partial charge in [-0.1, -0.05) is 30.3 Å². The minimum absolute atomic E-state index is 0.178. The van der Waals surface area contributed by atoms with Crippen LogP contribution < -0.4 is 4.74 Å². The number of benzene rings is 3. The molecule has 172 valence electrons. The van der Waals surface area contributed by atoms with E-state index in [2.05, 4.69) is 9.97 Å². The van der Waals surface area contributed by atoms with Gasteiger partial charge < -0.3 is 9.72 Å². The molecule has 0 bridgehead atoms. The first-order valence-electron chi connectivity index (χ1n) is 11.4. The van der Waals surface area contributed by atoms with E-state index in [1.165, 1.54) is 12.1 Å². The van der Waals surface area contributed by atoms with Crippen LogP contribution in [-0.2, 0) is 17.8 Å². The van der Waals surface area contributed by atoms with Gasteiger partial charge >= 0.3 is 0 Å². The number of ketones is 1. The number of nitrogens with one attached hydrogen (secondary N) is 1. The molecule has 1 heterocycles. The van der Waals surface area contributed by atoms with Crippen LogP contribution in [0, 0.1) is 5.82 Å². The number of Topliss-reactive ketones (excluding diaryl/α,β-unsaturated/α-hetero) is 1. The number of fused-ring (bicyclic) bond motifs is 1. The van der Waals surface area contributed by atoms with Crippen molar-refractivity contribution in [2.45, 2.75) is 42.4 Å². The molecule has 4 nitrogen and oxygen atoms in total. The van der Waals surface area contributed by atoms with Crippen LogP contribution in [0.15, 0.2) is 84.0 Å². The summed E-state index contributed by atoms with van der Waals surface area (Å²) in [6.07, 6.45) is 5.75. The summed E-state index contributed by atoms with van der Waals surface area (Å²) in [6.45, 7) is 2.00. The predicted molar refractivity (Wildman–Crippen MR) is 132 cm³/mol. The number of hydrogen-bond acceptors (Lipinski definition) is 4. The molecule has 0 amide bonds. The number of nitrogens with zero attached hydrogens (tertiary/aromatic N) is 1. The van der Waals surface area contributed by atoms with Crippen molar-refractivity contribution in [2.24, 2.45) is 0 Å². The van der Waals surface area contributed by atoms with E-state index in [9.17, 15) is 9.18 Å². The number of aromatic nitrogens is 2. The van der Waals surface area contributed by atoms with Gasteiger partial charge in [-0.3, -0.25) is 4.79 Å². The van der Waals surface area contributed by atoms with E-state index in [-0.39, 0.29) is 11.6 Å². The molecule has 0 spiro atoms. The molecular weight excluding hydrogens is 447 g/mol. The maximum absolute atomic E-state index is 13.4. The van der Waals surface area contributed by atoms with E-state index in [0.717, 1.165) is 45.7 Å². The van der Waals surface area contributed by atoms with Crippen LogP contribution in [0.1, 0.15) is 52.6 Å². The van der Waals surface area contributed by atoms with Crippen LogP contribution in [0.5, 0.6) is 5.75 Å². The Hall–Kier alpha value is -3.38. The molecule has 0 saturated carbocycles. The lowest BCUT2D eigenvalue weighted by Crippen LogP contribution is -2.33. The van der Waals surface area contributed by atoms with E-state index in [0.29, 0.717) is 18.0 Å². The van der Waals surface area contributed by atoms with Crippen molar-refractivity contribution in [1.82, 2.24) is 9.97 Å². The number of carbonyl (C=O) groups excluding carboxylic acids is 1. The number of aromatic amines is 1. The lowest BCUT2D eigenvalue weighted by molar-refractivity contribution is 0.0971. The minimum Gasteiger partial charge on any atom is -0.475 e. The molecule has 6 heteroatoms. The topological polar surface area (TPSA) is 55.0 Å². The largest absolute Gasteiger partial charge is 0.475 e. The zero-order valence-electron chi connectivity index (χ0n) is 18.9. The summed E-state index contributed by atoms with van der Waals surface area (Å²) < 4.78 is 20.2. The third-order valence-electron chi connectivity index (χ3n) is 6.30. The van der Waals surface area contributed by atoms with Crippen LogP contribution >= 0.6 is 11.8 Å². The average Bonchev–Trinajstić information content (AvgIpc) is 3.41. The Balaban J connectivity index is 1.57. The third kappa shape index (κ3) is 4.38. The lowest BCUT2D eigenvalue weighted by atomic mass is 9.87. The zero-order valence-corrected chi connectivity index (χ0v) is 19.7. The van der Waals surface area contributed by atoms with Crippen molar-refractivity contribution in [1.29, 1.82) is 0 Å². The van der Waals surface area contributed by atoms with Gasteiger partial charge in [0.05, 0.1) is 0 Å². The SMILES string of the molecule is C[C@](Oc1ccc2c(c1CSc1ccc(F)cc1)CCCC2=O)(c1ccccc1)c1ncc[nH]1. The Kier molecular flexibility index (Phi) is 6.24. The van der Waals surface area contributed by atoms with Crippen molar-refractivity contribution in [3.05, 3.63) is 113 Å². The Bertz CT molecular complexity index is 1290. The fourth-order valence-corrected chi connectivity index (χ4v) is 5.42. The van der Waals surface area contributed by atoms with Crippen molar-refractivity contribution < 1.29 is 13.9 Å². The summed E-state index contributed by atoms with van der Waals surface area (Å²) in [5.74, 6) is 1.96. The highest BCUT2D eigenvalue weighted by molar-refractivity contribution is 7.98. The number of halogens is 1. The second-order valence-corrected chi connectivity index (χ2v) is 9.58. The van der Waals surface area contributed by atoms with Gasteiger partial charge in [-0.2, -0.15) is 0 Å². The van der Waals surface area contributed by atoms with Crippen molar-refractivity contribution in [3.63, 3.8) is 0 Å². The molecule has 34 heavy (non-hydrogen) atoms. The van der Waals surface area contributed by atoms with Crippen LogP contribution in [0.2, 0.25) is 0 Å². The third-order valence-corrected chi connectivity index (χ3v) is 7.34. The fourth-order valence-electron chi connectivity index (χ4n) is 4.47. The molecular formula is C28H25FN2O2S. The summed E-state index contributed by atoms with van der Waals surface area (Å²) in [7, 11) is 0. The second kappa shape index (κ2) is 9.47. The summed E-state index contributed by atoms with van der Waals surface area (Å²) in [6, 6.07) is 20.3. The molecule has 0 radical (unpaired) electrons. The zero-order chi connectivity index (χ0) is 23.5. The van der Waals surface area contributed by atoms with Gasteiger partial charge in [-0.05, 0) is 61.7 Å². The van der Waals surface area contributed by atoms with Crippen molar-refractivity contribution >= 4 is 17.5 Å². The van der Waals surface area contributed by atoms with E-state index in [1.54, 1.807) is 36.3 Å². The monoisotopic (exact) mass is 472 g/mol. The Morgan fingerprint density at radius 1 is 1.06 bits per heavy atom. The highest BCUT2D eigenvalue weighted by Crippen LogP contribution is 2.40. The average molecular weight is 473 g/mol. The molecule has 1 aromatic heterocycles. The van der Waals surface area contributed by atoms with Crippen LogP contribution in [0.4, 0.5) is 4.39 Å². The van der Waals surface area contributed by atoms with E-state index in [1.807, 2.05) is 49.4 Å². The Morgan fingerprint density at radius 3 is 2.59 bits per heavy atom. The van der Waals surface area contributed by atoms with Gasteiger partial charge in [0.15, 0.2) is 17.2 Å². The highest BCUT2D eigenvalue weighted by atomic mass is 32.2. The van der Waals surface area contributed by atoms with E-state index in [4.69, 9.17) is 4.74 Å². The Labute approximate surface area is 202 Å². The van der Waals surface area contributed by atoms with Gasteiger partial charge in [-0.25, -0.2) is 9.37 Å². The smallest absolute Gasteiger partial charge is 0.188 e. The number of carbonyl (C=O) groups is 1. The predicted octanol–water partition coefficient (Wildman–Crippen LogP) is 6.70. The van der Waals surface area contributed by atoms with Crippen LogP contribution in [0.3, 0.4) is 0 Å². The van der Waals surface area contributed by atoms with E-state index < -0.39 is 5.60 Å². The normalized spacial score (nSPS) is 14.9. The minimum atomic E-state index is -0.854. The number of rotatable bonds is 7. The molecule has 5 rings (SSSR count). The fraction of sp³-hybridized carbons (Fsp3) is 0.214. The first kappa shape index (κ1) is 22.4. The molecule has 1 N–H and O–H groups in total. The maximum Gasteiger partial charge on any atom is 0.188 e. The highest BCUT2D eigenvalue weighted by Gasteiger charge is 2.35. The molecule has 3 aromatic carbocycles. The molecule has 0 unspecified atom stereocenters. The summed E-state index contributed by atoms with van der Waals surface area (Å²) >= 11 is 1.61. The first-order valence-corrected chi connectivity index (χ1v) is 12.3. The molecule has 1 atom stereocenters. The lowest BCUT2D eigenvalue weighted by Gasteiger charge is -2.32. The first-order chi connectivity index (χ1) is 16.5. The number of H-pyrrole nitrogens is 1. The number of ether oxygens (including phenoxy) is 1. The van der Waals surface area contributed by atoms with Gasteiger partial charge in [-0.15, -0.1) is 11.8 Å². The summed E-state index contributed by atoms with van der Waals surface area (Å²) in [5.41, 5.74) is 2.96. The standard InChI is InChI=1S/C28H25FN2O2S/c1-28(27-30-16-17-31-27,19-6-3-2-4-7-19)33-26-15-14-23-22(8-5-9-25(23)32)24(26)18-34-21-12-10-20(29)11-13-21/h2-4,6-7,10-17H,5,8-9,18H2,1H3,(H,30,31)/t28-/m0/s1. The second-order valence-electron chi connectivity index (χ2n) is 8.53. The van der Waals surface area contributed by atoms with Gasteiger partial charge in [0.1, 0.15) is 11.6 Å². The van der Waals surface area contributed by atoms with Gasteiger partial charge in [0, 0.05) is 46.2 Å².